The Morgan fingerprint density at radius 2 is 2.00 bits per heavy atom. The minimum atomic E-state index is -0.926. The van der Waals surface area contributed by atoms with Crippen molar-refractivity contribution in [2.45, 2.75) is 25.9 Å². The van der Waals surface area contributed by atoms with Gasteiger partial charge in [0.2, 0.25) is 0 Å². The molecule has 4 nitrogen and oxygen atoms in total. The Kier molecular flexibility index (Phi) is 9.99. The highest BCUT2D eigenvalue weighted by Crippen LogP contribution is 2.20. The van der Waals surface area contributed by atoms with Gasteiger partial charge in [-0.2, -0.15) is 0 Å². The summed E-state index contributed by atoms with van der Waals surface area (Å²) in [6.07, 6.45) is -0.926. The van der Waals surface area contributed by atoms with E-state index in [2.05, 4.69) is 34.0 Å². The number of halogens is 2. The summed E-state index contributed by atoms with van der Waals surface area (Å²) in [5, 5.41) is 18.4. The predicted molar refractivity (Wildman–Crippen MR) is 113 cm³/mol. The largest absolute Gasteiger partial charge is 0.386 e. The topological polar surface area (TPSA) is 56.7 Å². The van der Waals surface area contributed by atoms with Crippen molar-refractivity contribution in [1.29, 1.82) is 0 Å². The molecule has 0 fully saturated rings. The molecule has 7 heteroatoms. The van der Waals surface area contributed by atoms with Gasteiger partial charge < -0.3 is 15.7 Å². The van der Waals surface area contributed by atoms with Crippen molar-refractivity contribution in [1.82, 2.24) is 10.6 Å². The standard InChI is InChI=1S/C18H24FN3OS.HI/c1-3-20-18(21-11-13(2)17-9-6-10-24-17)22-12-16(23)14-7-4-5-8-15(14)19;/h4-10,13,16,23H,3,11-12H2,1-2H3,(H2,20,21,22);1H. The molecule has 0 saturated carbocycles. The first-order valence-corrected chi connectivity index (χ1v) is 8.97. The van der Waals surface area contributed by atoms with Crippen molar-refractivity contribution in [2.75, 3.05) is 19.6 Å². The highest BCUT2D eigenvalue weighted by molar-refractivity contribution is 14.0. The van der Waals surface area contributed by atoms with Gasteiger partial charge >= 0.3 is 0 Å². The maximum atomic E-state index is 13.7. The number of nitrogens with zero attached hydrogens (tertiary/aromatic N) is 1. The molecule has 0 amide bonds. The summed E-state index contributed by atoms with van der Waals surface area (Å²) >= 11 is 1.72. The zero-order valence-electron chi connectivity index (χ0n) is 14.4. The van der Waals surface area contributed by atoms with E-state index in [1.165, 1.54) is 10.9 Å². The van der Waals surface area contributed by atoms with E-state index in [-0.39, 0.29) is 36.1 Å². The first-order valence-electron chi connectivity index (χ1n) is 8.09. The van der Waals surface area contributed by atoms with E-state index in [1.807, 2.05) is 13.0 Å². The van der Waals surface area contributed by atoms with E-state index in [0.29, 0.717) is 18.4 Å². The van der Waals surface area contributed by atoms with E-state index in [4.69, 9.17) is 0 Å². The Hall–Kier alpha value is -1.19. The zero-order valence-corrected chi connectivity index (χ0v) is 17.6. The second-order valence-electron chi connectivity index (χ2n) is 5.55. The Morgan fingerprint density at radius 3 is 2.64 bits per heavy atom. The number of hydrogen-bond acceptors (Lipinski definition) is 3. The zero-order chi connectivity index (χ0) is 17.4. The number of hydrogen-bond donors (Lipinski definition) is 3. The van der Waals surface area contributed by atoms with E-state index in [0.717, 1.165) is 6.54 Å². The molecule has 0 radical (unpaired) electrons. The maximum Gasteiger partial charge on any atom is 0.191 e. The lowest BCUT2D eigenvalue weighted by atomic mass is 10.1. The van der Waals surface area contributed by atoms with Crippen LogP contribution in [0.2, 0.25) is 0 Å². The van der Waals surface area contributed by atoms with Gasteiger partial charge in [-0.05, 0) is 24.4 Å². The van der Waals surface area contributed by atoms with Gasteiger partial charge in [-0.15, -0.1) is 35.3 Å². The summed E-state index contributed by atoms with van der Waals surface area (Å²) in [5.41, 5.74) is 0.285. The lowest BCUT2D eigenvalue weighted by molar-refractivity contribution is 0.176. The van der Waals surface area contributed by atoms with Gasteiger partial charge in [0.05, 0.1) is 12.6 Å². The molecule has 0 bridgehead atoms. The smallest absolute Gasteiger partial charge is 0.191 e. The van der Waals surface area contributed by atoms with Crippen LogP contribution in [0, 0.1) is 5.82 Å². The van der Waals surface area contributed by atoms with Crippen LogP contribution in [-0.4, -0.2) is 30.7 Å². The predicted octanol–water partition coefficient (Wildman–Crippen LogP) is 3.90. The summed E-state index contributed by atoms with van der Waals surface area (Å²) in [4.78, 5) is 5.85. The van der Waals surface area contributed by atoms with Gasteiger partial charge in [0.15, 0.2) is 5.96 Å². The average Bonchev–Trinajstić information content (AvgIpc) is 3.12. The number of guanidine groups is 1. The third kappa shape index (κ3) is 6.91. The molecule has 0 aliphatic heterocycles. The fraction of sp³-hybridized carbons (Fsp3) is 0.389. The number of aliphatic imine (C=N–C) groups is 1. The van der Waals surface area contributed by atoms with Crippen LogP contribution in [-0.2, 0) is 0 Å². The van der Waals surface area contributed by atoms with Gasteiger partial charge in [0.25, 0.3) is 0 Å². The minimum Gasteiger partial charge on any atom is -0.386 e. The van der Waals surface area contributed by atoms with Crippen LogP contribution >= 0.6 is 35.3 Å². The van der Waals surface area contributed by atoms with Crippen LogP contribution in [0.15, 0.2) is 46.8 Å². The first-order chi connectivity index (χ1) is 11.6. The summed E-state index contributed by atoms with van der Waals surface area (Å²) in [7, 11) is 0. The Balaban J connectivity index is 0.00000312. The van der Waals surface area contributed by atoms with Gasteiger partial charge in [-0.3, -0.25) is 4.99 Å². The van der Waals surface area contributed by atoms with Crippen molar-refractivity contribution in [3.63, 3.8) is 0 Å². The fourth-order valence-electron chi connectivity index (χ4n) is 2.28. The number of benzene rings is 1. The van der Waals surface area contributed by atoms with Gasteiger partial charge in [0.1, 0.15) is 5.82 Å². The van der Waals surface area contributed by atoms with Crippen LogP contribution in [0.5, 0.6) is 0 Å². The van der Waals surface area contributed by atoms with Crippen molar-refractivity contribution < 1.29 is 9.50 Å². The number of aliphatic hydroxyl groups is 1. The normalized spacial score (nSPS) is 13.7. The van der Waals surface area contributed by atoms with Crippen LogP contribution in [0.1, 0.15) is 36.3 Å². The molecule has 1 heterocycles. The molecule has 25 heavy (non-hydrogen) atoms. The van der Waals surface area contributed by atoms with Gasteiger partial charge in [0, 0.05) is 29.4 Å². The quantitative estimate of drug-likeness (QED) is 0.322. The Bertz CT molecular complexity index is 652. The molecular weight excluding hydrogens is 452 g/mol. The molecule has 2 atom stereocenters. The van der Waals surface area contributed by atoms with E-state index < -0.39 is 11.9 Å². The van der Waals surface area contributed by atoms with Crippen LogP contribution in [0.25, 0.3) is 0 Å². The summed E-state index contributed by atoms with van der Waals surface area (Å²) < 4.78 is 13.7. The first kappa shape index (κ1) is 21.9. The number of nitrogens with one attached hydrogen (secondary N) is 2. The van der Waals surface area contributed by atoms with E-state index >= 15 is 0 Å². The summed E-state index contributed by atoms with van der Waals surface area (Å²) in [6.45, 7) is 5.67. The Labute approximate surface area is 169 Å². The maximum absolute atomic E-state index is 13.7. The number of aliphatic hydroxyl groups excluding tert-OH is 1. The van der Waals surface area contributed by atoms with Crippen LogP contribution in [0.4, 0.5) is 4.39 Å². The van der Waals surface area contributed by atoms with Crippen molar-refractivity contribution in [3.8, 4) is 0 Å². The van der Waals surface area contributed by atoms with Crippen molar-refractivity contribution in [2.24, 2.45) is 4.99 Å². The van der Waals surface area contributed by atoms with Crippen LogP contribution < -0.4 is 10.6 Å². The van der Waals surface area contributed by atoms with E-state index in [9.17, 15) is 9.50 Å². The molecule has 2 aromatic rings. The molecule has 0 spiro atoms. The molecule has 0 saturated heterocycles. The van der Waals surface area contributed by atoms with E-state index in [1.54, 1.807) is 29.5 Å². The third-order valence-corrected chi connectivity index (χ3v) is 4.73. The monoisotopic (exact) mass is 477 g/mol. The number of thiophene rings is 1. The lowest BCUT2D eigenvalue weighted by Gasteiger charge is -2.16. The molecule has 3 N–H and O–H groups in total. The van der Waals surface area contributed by atoms with Crippen LogP contribution in [0.3, 0.4) is 0 Å². The molecule has 138 valence electrons. The summed E-state index contributed by atoms with van der Waals surface area (Å²) in [6, 6.07) is 10.4. The second kappa shape index (κ2) is 11.4. The molecule has 0 aliphatic rings. The Morgan fingerprint density at radius 1 is 1.24 bits per heavy atom. The van der Waals surface area contributed by atoms with Crippen molar-refractivity contribution >= 4 is 41.3 Å². The number of rotatable bonds is 7. The molecular formula is C18H25FIN3OS. The highest BCUT2D eigenvalue weighted by Gasteiger charge is 2.13. The average molecular weight is 477 g/mol. The SMILES string of the molecule is CCNC(=NCC(C)c1cccs1)NCC(O)c1ccccc1F.I. The van der Waals surface area contributed by atoms with Gasteiger partial charge in [-0.1, -0.05) is 31.2 Å². The van der Waals surface area contributed by atoms with Gasteiger partial charge in [-0.25, -0.2) is 4.39 Å². The van der Waals surface area contributed by atoms with Crippen molar-refractivity contribution in [3.05, 3.63) is 58.0 Å². The highest BCUT2D eigenvalue weighted by atomic mass is 127. The summed E-state index contributed by atoms with van der Waals surface area (Å²) in [5.74, 6) is 0.549. The molecule has 2 rings (SSSR count). The second-order valence-corrected chi connectivity index (χ2v) is 6.53. The molecule has 0 aliphatic carbocycles. The molecule has 1 aromatic heterocycles. The third-order valence-electron chi connectivity index (χ3n) is 3.62. The molecule has 2 unspecified atom stereocenters. The lowest BCUT2D eigenvalue weighted by Crippen LogP contribution is -2.39. The minimum absolute atomic E-state index is 0. The molecule has 1 aromatic carbocycles. The fourth-order valence-corrected chi connectivity index (χ4v) is 3.06.